The summed E-state index contributed by atoms with van der Waals surface area (Å²) in [7, 11) is 3.16. The van der Waals surface area contributed by atoms with Crippen LogP contribution in [0.5, 0.6) is 11.5 Å². The largest absolute Gasteiger partial charge is 0.545 e. The Morgan fingerprint density at radius 2 is 1.63 bits per heavy atom. The van der Waals surface area contributed by atoms with Gasteiger partial charge in [0.15, 0.2) is 11.5 Å². The fourth-order valence-corrected chi connectivity index (χ4v) is 3.15. The highest BCUT2D eigenvalue weighted by Crippen LogP contribution is 2.32. The van der Waals surface area contributed by atoms with E-state index < -0.39 is 5.97 Å². The molecule has 0 bridgehead atoms. The normalized spacial score (nSPS) is 11.5. The molecule has 30 heavy (non-hydrogen) atoms. The van der Waals surface area contributed by atoms with Crippen molar-refractivity contribution in [3.05, 3.63) is 83.7 Å². The van der Waals surface area contributed by atoms with E-state index in [0.29, 0.717) is 33.9 Å². The minimum atomic E-state index is -1.22. The number of carboxylic acid groups (broad SMARTS) is 1. The molecule has 0 atom stereocenters. The summed E-state index contributed by atoms with van der Waals surface area (Å²) in [5.41, 5.74) is 2.21. The maximum absolute atomic E-state index is 11.0. The van der Waals surface area contributed by atoms with Crippen LogP contribution in [0.1, 0.15) is 10.4 Å². The number of aromatic carboxylic acids is 1. The molecule has 0 saturated carbocycles. The van der Waals surface area contributed by atoms with Crippen LogP contribution in [-0.4, -0.2) is 20.2 Å². The van der Waals surface area contributed by atoms with E-state index in [1.165, 1.54) is 12.1 Å². The van der Waals surface area contributed by atoms with Crippen LogP contribution >= 0.6 is 0 Å². The molecule has 0 radical (unpaired) electrons. The molecule has 0 amide bonds. The highest BCUT2D eigenvalue weighted by Gasteiger charge is 2.10. The molecule has 0 aliphatic heterocycles. The van der Waals surface area contributed by atoms with E-state index in [-0.39, 0.29) is 5.56 Å². The number of carbonyl (C=O) groups excluding carboxylic acids is 1. The number of fused-ring (bicyclic) bond motifs is 1. The molecule has 0 aliphatic rings. The Morgan fingerprint density at radius 1 is 0.900 bits per heavy atom. The van der Waals surface area contributed by atoms with Crippen molar-refractivity contribution in [2.45, 2.75) is 0 Å². The fourth-order valence-electron chi connectivity index (χ4n) is 3.15. The molecule has 0 N–H and O–H groups in total. The third kappa shape index (κ3) is 3.75. The van der Waals surface area contributed by atoms with Crippen molar-refractivity contribution < 1.29 is 23.8 Å². The average molecular weight is 400 g/mol. The lowest BCUT2D eigenvalue weighted by molar-refractivity contribution is -0.255. The average Bonchev–Trinajstić information content (AvgIpc) is 2.78. The molecule has 0 fully saturated rings. The summed E-state index contributed by atoms with van der Waals surface area (Å²) in [4.78, 5) is 15.7. The Hall–Kier alpha value is -4.06. The molecular weight excluding hydrogens is 382 g/mol. The van der Waals surface area contributed by atoms with Gasteiger partial charge in [-0.2, -0.15) is 0 Å². The van der Waals surface area contributed by atoms with Gasteiger partial charge < -0.3 is 23.8 Å². The minimum Gasteiger partial charge on any atom is -0.545 e. The summed E-state index contributed by atoms with van der Waals surface area (Å²) in [5.74, 6) is 0.607. The van der Waals surface area contributed by atoms with Gasteiger partial charge in [0.1, 0.15) is 11.3 Å². The van der Waals surface area contributed by atoms with Crippen molar-refractivity contribution in [3.63, 3.8) is 0 Å². The maximum atomic E-state index is 11.0. The molecule has 6 nitrogen and oxygen atoms in total. The molecule has 4 aromatic rings. The number of ether oxygens (including phenoxy) is 2. The first-order chi connectivity index (χ1) is 14.6. The number of methoxy groups -OCH3 is 2. The number of rotatable bonds is 5. The van der Waals surface area contributed by atoms with E-state index in [0.717, 1.165) is 10.9 Å². The van der Waals surface area contributed by atoms with Crippen molar-refractivity contribution in [1.82, 2.24) is 0 Å². The number of carboxylic acids is 1. The molecule has 150 valence electrons. The van der Waals surface area contributed by atoms with Crippen LogP contribution in [0.15, 0.2) is 82.2 Å². The van der Waals surface area contributed by atoms with Gasteiger partial charge in [-0.25, -0.2) is 4.99 Å². The van der Waals surface area contributed by atoms with Gasteiger partial charge in [-0.3, -0.25) is 0 Å². The van der Waals surface area contributed by atoms with Crippen molar-refractivity contribution in [2.24, 2.45) is 4.99 Å². The maximum Gasteiger partial charge on any atom is 0.161 e. The third-order valence-corrected chi connectivity index (χ3v) is 4.67. The molecule has 6 heteroatoms. The van der Waals surface area contributed by atoms with Gasteiger partial charge >= 0.3 is 0 Å². The number of benzene rings is 3. The second-order valence-electron chi connectivity index (χ2n) is 6.51. The number of para-hydroxylation sites is 1. The van der Waals surface area contributed by atoms with E-state index in [4.69, 9.17) is 18.9 Å². The molecule has 4 rings (SSSR count). The zero-order valence-corrected chi connectivity index (χ0v) is 16.4. The Morgan fingerprint density at radius 3 is 2.33 bits per heavy atom. The van der Waals surface area contributed by atoms with Gasteiger partial charge in [-0.1, -0.05) is 24.3 Å². The van der Waals surface area contributed by atoms with Crippen LogP contribution in [0.4, 0.5) is 5.69 Å². The lowest BCUT2D eigenvalue weighted by Gasteiger charge is -2.10. The zero-order valence-electron chi connectivity index (χ0n) is 16.4. The molecule has 0 aliphatic carbocycles. The second-order valence-corrected chi connectivity index (χ2v) is 6.51. The summed E-state index contributed by atoms with van der Waals surface area (Å²) in [6.07, 6.45) is 0. The molecule has 0 saturated heterocycles. The van der Waals surface area contributed by atoms with E-state index in [9.17, 15) is 9.90 Å². The van der Waals surface area contributed by atoms with Crippen molar-refractivity contribution in [3.8, 4) is 22.8 Å². The first kappa shape index (κ1) is 19.3. The minimum absolute atomic E-state index is 0.105. The Balaban J connectivity index is 1.89. The molecule has 3 aromatic carbocycles. The Bertz CT molecular complexity index is 1290. The number of hydrogen-bond donors (Lipinski definition) is 0. The van der Waals surface area contributed by atoms with Gasteiger partial charge in [0.05, 0.1) is 31.2 Å². The van der Waals surface area contributed by atoms with Gasteiger partial charge in [-0.15, -0.1) is 0 Å². The SMILES string of the molecule is COc1ccc(-c2cc(=Nc3ccc(C(=O)[O-])cc3)c3ccccc3o2)cc1OC. The van der Waals surface area contributed by atoms with Crippen LogP contribution in [-0.2, 0) is 0 Å². The predicted molar refractivity (Wildman–Crippen MR) is 111 cm³/mol. The van der Waals surface area contributed by atoms with Crippen LogP contribution in [0.3, 0.4) is 0 Å². The van der Waals surface area contributed by atoms with Crippen molar-refractivity contribution in [1.29, 1.82) is 0 Å². The molecular formula is C24H18NO5-. The lowest BCUT2D eigenvalue weighted by atomic mass is 10.1. The monoisotopic (exact) mass is 400 g/mol. The Kier molecular flexibility index (Phi) is 5.22. The standard InChI is InChI=1S/C24H19NO5/c1-28-21-12-9-16(13-23(21)29-2)22-14-19(18-5-3-4-6-20(18)30-22)25-17-10-7-15(8-11-17)24(26)27/h3-14H,1-2H3,(H,26,27)/p-1. The molecule has 1 aromatic heterocycles. The number of nitrogens with zero attached hydrogens (tertiary/aromatic N) is 1. The smallest absolute Gasteiger partial charge is 0.161 e. The van der Waals surface area contributed by atoms with Gasteiger partial charge in [-0.05, 0) is 48.0 Å². The molecule has 0 spiro atoms. The van der Waals surface area contributed by atoms with Gasteiger partial charge in [0.25, 0.3) is 0 Å². The predicted octanol–water partition coefficient (Wildman–Crippen LogP) is 3.71. The van der Waals surface area contributed by atoms with E-state index >= 15 is 0 Å². The second kappa shape index (κ2) is 8.13. The van der Waals surface area contributed by atoms with Gasteiger partial charge in [0, 0.05) is 17.0 Å². The van der Waals surface area contributed by atoms with E-state index in [1.54, 1.807) is 26.4 Å². The lowest BCUT2D eigenvalue weighted by Crippen LogP contribution is -2.21. The summed E-state index contributed by atoms with van der Waals surface area (Å²) >= 11 is 0. The highest BCUT2D eigenvalue weighted by atomic mass is 16.5. The molecule has 1 heterocycles. The number of carbonyl (C=O) groups is 1. The van der Waals surface area contributed by atoms with Crippen LogP contribution in [0, 0.1) is 0 Å². The summed E-state index contributed by atoms with van der Waals surface area (Å²) < 4.78 is 16.8. The quantitative estimate of drug-likeness (QED) is 0.510. The van der Waals surface area contributed by atoms with Crippen LogP contribution in [0.25, 0.3) is 22.3 Å². The Labute approximate surface area is 172 Å². The molecule has 0 unspecified atom stereocenters. The summed E-state index contributed by atoms with van der Waals surface area (Å²) in [6, 6.07) is 21.2. The summed E-state index contributed by atoms with van der Waals surface area (Å²) in [5, 5.41) is 12.5. The van der Waals surface area contributed by atoms with Crippen molar-refractivity contribution >= 4 is 22.6 Å². The topological polar surface area (TPSA) is 84.1 Å². The first-order valence-electron chi connectivity index (χ1n) is 9.20. The van der Waals surface area contributed by atoms with E-state index in [1.807, 2.05) is 48.5 Å². The summed E-state index contributed by atoms with van der Waals surface area (Å²) in [6.45, 7) is 0. The fraction of sp³-hybridized carbons (Fsp3) is 0.0833. The van der Waals surface area contributed by atoms with Crippen LogP contribution < -0.4 is 19.9 Å². The van der Waals surface area contributed by atoms with Crippen LogP contribution in [0.2, 0.25) is 0 Å². The zero-order chi connectivity index (χ0) is 21.1. The van der Waals surface area contributed by atoms with Crippen molar-refractivity contribution in [2.75, 3.05) is 14.2 Å². The van der Waals surface area contributed by atoms with E-state index in [2.05, 4.69) is 0 Å². The van der Waals surface area contributed by atoms with Gasteiger partial charge in [0.2, 0.25) is 0 Å². The first-order valence-corrected chi connectivity index (χ1v) is 9.20. The number of hydrogen-bond acceptors (Lipinski definition) is 6. The highest BCUT2D eigenvalue weighted by molar-refractivity contribution is 5.86. The third-order valence-electron chi connectivity index (χ3n) is 4.67.